The summed E-state index contributed by atoms with van der Waals surface area (Å²) in [7, 11) is 0. The van der Waals surface area contributed by atoms with E-state index in [1.165, 1.54) is 57.8 Å². The zero-order chi connectivity index (χ0) is 18.2. The molecule has 0 aromatic carbocycles. The molecule has 0 nitrogen and oxygen atoms in total. The Balaban J connectivity index is 1.68. The summed E-state index contributed by atoms with van der Waals surface area (Å²) in [6, 6.07) is 0. The minimum absolute atomic E-state index is 0.665. The summed E-state index contributed by atoms with van der Waals surface area (Å²) in [4.78, 5) is 0. The van der Waals surface area contributed by atoms with Crippen LogP contribution in [0.3, 0.4) is 0 Å². The average Bonchev–Trinajstić information content (AvgIpc) is 3.04. The molecule has 3 aliphatic carbocycles. The SMILES string of the molecule is CC(C)CCC[C@H](C)[C@H]1CC[C@]2(C)C[C@H]3[C@H](CC[C@@H]3C)C(C)CC[C@@H]12. The lowest BCUT2D eigenvalue weighted by Gasteiger charge is -2.44. The van der Waals surface area contributed by atoms with Crippen molar-refractivity contribution in [2.75, 3.05) is 0 Å². The maximum Gasteiger partial charge on any atom is -0.0292 e. The van der Waals surface area contributed by atoms with Gasteiger partial charge in [0.2, 0.25) is 0 Å². The molecule has 0 aromatic rings. The minimum atomic E-state index is 0.665. The van der Waals surface area contributed by atoms with Gasteiger partial charge in [0, 0.05) is 0 Å². The lowest BCUT2D eigenvalue weighted by atomic mass is 9.61. The largest absolute Gasteiger partial charge is 0.0628 e. The fourth-order valence-corrected chi connectivity index (χ4v) is 7.52. The van der Waals surface area contributed by atoms with Crippen LogP contribution in [0.2, 0.25) is 0 Å². The molecule has 3 fully saturated rings. The van der Waals surface area contributed by atoms with Crippen LogP contribution >= 0.6 is 0 Å². The Bertz CT molecular complexity index is 424. The summed E-state index contributed by atoms with van der Waals surface area (Å²) in [6.45, 7) is 15.2. The fourth-order valence-electron chi connectivity index (χ4n) is 7.52. The maximum absolute atomic E-state index is 2.70. The highest BCUT2D eigenvalue weighted by Gasteiger charge is 2.51. The lowest BCUT2D eigenvalue weighted by molar-refractivity contribution is 0.0532. The molecule has 25 heavy (non-hydrogen) atoms. The van der Waals surface area contributed by atoms with Gasteiger partial charge in [0.05, 0.1) is 0 Å². The second kappa shape index (κ2) is 7.93. The van der Waals surface area contributed by atoms with Crippen molar-refractivity contribution >= 4 is 0 Å². The third kappa shape index (κ3) is 4.14. The Morgan fingerprint density at radius 3 is 2.24 bits per heavy atom. The molecule has 146 valence electrons. The van der Waals surface area contributed by atoms with Crippen molar-refractivity contribution in [2.45, 2.75) is 106 Å². The molecular weight excluding hydrogens is 300 g/mol. The van der Waals surface area contributed by atoms with Gasteiger partial charge in [-0.05, 0) is 84.9 Å². The number of rotatable bonds is 5. The number of hydrogen-bond donors (Lipinski definition) is 0. The van der Waals surface area contributed by atoms with Gasteiger partial charge < -0.3 is 0 Å². The molecule has 0 saturated heterocycles. The van der Waals surface area contributed by atoms with Crippen molar-refractivity contribution in [3.8, 4) is 0 Å². The highest BCUT2D eigenvalue weighted by Crippen LogP contribution is 2.60. The van der Waals surface area contributed by atoms with E-state index in [1.807, 2.05) is 0 Å². The Morgan fingerprint density at radius 1 is 0.840 bits per heavy atom. The molecule has 0 radical (unpaired) electrons. The molecule has 0 amide bonds. The van der Waals surface area contributed by atoms with Gasteiger partial charge in [-0.1, -0.05) is 73.6 Å². The van der Waals surface area contributed by atoms with Gasteiger partial charge in [0.1, 0.15) is 0 Å². The van der Waals surface area contributed by atoms with Crippen LogP contribution in [-0.4, -0.2) is 0 Å². The van der Waals surface area contributed by atoms with Crippen molar-refractivity contribution in [1.82, 2.24) is 0 Å². The average molecular weight is 347 g/mol. The first kappa shape index (κ1) is 19.8. The van der Waals surface area contributed by atoms with Gasteiger partial charge in [0.25, 0.3) is 0 Å². The molecule has 0 aromatic heterocycles. The molecule has 1 unspecified atom stereocenters. The van der Waals surface area contributed by atoms with Crippen molar-refractivity contribution in [2.24, 2.45) is 52.8 Å². The predicted molar refractivity (Wildman–Crippen MR) is 111 cm³/mol. The number of fused-ring (bicyclic) bond motifs is 2. The highest BCUT2D eigenvalue weighted by molar-refractivity contribution is 5.01. The van der Waals surface area contributed by atoms with Crippen LogP contribution in [0.4, 0.5) is 0 Å². The molecule has 0 bridgehead atoms. The van der Waals surface area contributed by atoms with Gasteiger partial charge in [-0.2, -0.15) is 0 Å². The van der Waals surface area contributed by atoms with E-state index >= 15 is 0 Å². The first-order chi connectivity index (χ1) is 11.8. The third-order valence-corrected chi connectivity index (χ3v) is 9.23. The second-order valence-electron chi connectivity index (χ2n) is 11.4. The zero-order valence-corrected chi connectivity index (χ0v) is 18.2. The summed E-state index contributed by atoms with van der Waals surface area (Å²) in [5, 5.41) is 0. The van der Waals surface area contributed by atoms with Crippen LogP contribution in [0.25, 0.3) is 0 Å². The van der Waals surface area contributed by atoms with E-state index in [2.05, 4.69) is 41.5 Å². The van der Waals surface area contributed by atoms with Gasteiger partial charge >= 0.3 is 0 Å². The quantitative estimate of drug-likeness (QED) is 0.473. The summed E-state index contributed by atoms with van der Waals surface area (Å²) < 4.78 is 0. The van der Waals surface area contributed by atoms with Gasteiger partial charge in [-0.25, -0.2) is 0 Å². The molecule has 0 spiro atoms. The smallest absolute Gasteiger partial charge is 0.0292 e. The predicted octanol–water partition coefficient (Wildman–Crippen LogP) is 7.96. The van der Waals surface area contributed by atoms with E-state index in [0.29, 0.717) is 5.41 Å². The van der Waals surface area contributed by atoms with Crippen LogP contribution in [0.1, 0.15) is 106 Å². The summed E-state index contributed by atoms with van der Waals surface area (Å²) in [5.74, 6) is 7.95. The van der Waals surface area contributed by atoms with Crippen molar-refractivity contribution in [1.29, 1.82) is 0 Å². The van der Waals surface area contributed by atoms with Crippen molar-refractivity contribution in [3.63, 3.8) is 0 Å². The minimum Gasteiger partial charge on any atom is -0.0628 e. The molecule has 0 N–H and O–H groups in total. The summed E-state index contributed by atoms with van der Waals surface area (Å²) in [6.07, 6.45) is 15.1. The molecular formula is C25H46. The van der Waals surface area contributed by atoms with Crippen molar-refractivity contribution < 1.29 is 0 Å². The molecule has 0 heteroatoms. The lowest BCUT2D eigenvalue weighted by Crippen LogP contribution is -2.36. The van der Waals surface area contributed by atoms with Crippen LogP contribution < -0.4 is 0 Å². The van der Waals surface area contributed by atoms with E-state index < -0.39 is 0 Å². The van der Waals surface area contributed by atoms with E-state index in [1.54, 1.807) is 6.42 Å². The molecule has 8 atom stereocenters. The van der Waals surface area contributed by atoms with Crippen LogP contribution in [0.5, 0.6) is 0 Å². The Hall–Kier alpha value is 0. The van der Waals surface area contributed by atoms with Crippen LogP contribution in [0, 0.1) is 52.8 Å². The van der Waals surface area contributed by atoms with E-state index in [-0.39, 0.29) is 0 Å². The monoisotopic (exact) mass is 346 g/mol. The molecule has 3 rings (SSSR count). The van der Waals surface area contributed by atoms with E-state index in [9.17, 15) is 0 Å². The van der Waals surface area contributed by atoms with Crippen molar-refractivity contribution in [3.05, 3.63) is 0 Å². The molecule has 3 saturated carbocycles. The Labute approximate surface area is 158 Å². The van der Waals surface area contributed by atoms with Gasteiger partial charge in [-0.15, -0.1) is 0 Å². The van der Waals surface area contributed by atoms with E-state index in [0.717, 1.165) is 47.3 Å². The van der Waals surface area contributed by atoms with E-state index in [4.69, 9.17) is 0 Å². The van der Waals surface area contributed by atoms with Crippen LogP contribution in [-0.2, 0) is 0 Å². The normalized spacial score (nSPS) is 45.7. The van der Waals surface area contributed by atoms with Gasteiger partial charge in [0.15, 0.2) is 0 Å². The Morgan fingerprint density at radius 2 is 1.52 bits per heavy atom. The number of hydrogen-bond acceptors (Lipinski definition) is 0. The first-order valence-corrected chi connectivity index (χ1v) is 11.8. The molecule has 3 aliphatic rings. The molecule has 0 aliphatic heterocycles. The summed E-state index contributed by atoms with van der Waals surface area (Å²) in [5.41, 5.74) is 0.665. The molecule has 0 heterocycles. The zero-order valence-electron chi connectivity index (χ0n) is 18.2. The third-order valence-electron chi connectivity index (χ3n) is 9.23. The highest BCUT2D eigenvalue weighted by atomic mass is 14.6. The first-order valence-electron chi connectivity index (χ1n) is 11.8. The fraction of sp³-hybridized carbons (Fsp3) is 1.00. The topological polar surface area (TPSA) is 0 Å². The second-order valence-corrected chi connectivity index (χ2v) is 11.4. The van der Waals surface area contributed by atoms with Gasteiger partial charge in [-0.3, -0.25) is 0 Å². The maximum atomic E-state index is 2.70. The van der Waals surface area contributed by atoms with Crippen LogP contribution in [0.15, 0.2) is 0 Å². The standard InChI is InChI=1S/C25H46/c1-17(2)8-7-9-18(3)22-14-15-25(6)16-23-20(5)10-12-21(23)19(4)11-13-24(22)25/h17-24H,7-16H2,1-6H3/t18-,19?,20-,21+,22+,23+,24-,25+/m0/s1. The summed E-state index contributed by atoms with van der Waals surface area (Å²) >= 11 is 0. The Kier molecular flexibility index (Phi) is 6.27.